The van der Waals surface area contributed by atoms with Crippen LogP contribution in [0.4, 0.5) is 0 Å². The third-order valence-corrected chi connectivity index (χ3v) is 5.18. The highest BCUT2D eigenvalue weighted by atomic mass is 15.3. The summed E-state index contributed by atoms with van der Waals surface area (Å²) in [5.74, 6) is 0.674. The lowest BCUT2D eigenvalue weighted by atomic mass is 9.91. The maximum Gasteiger partial charge on any atom is 0.191 e. The predicted octanol–water partition coefficient (Wildman–Crippen LogP) is 3.30. The average molecular weight is 316 g/mol. The molecule has 0 amide bonds. The largest absolute Gasteiger partial charge is 0.370 e. The first-order chi connectivity index (χ1) is 11.0. The van der Waals surface area contributed by atoms with E-state index in [2.05, 4.69) is 68.4 Å². The van der Waals surface area contributed by atoms with E-state index >= 15 is 0 Å². The number of hydrogen-bond acceptors (Lipinski definition) is 2. The Morgan fingerprint density at radius 1 is 1.30 bits per heavy atom. The van der Waals surface area contributed by atoms with Crippen molar-refractivity contribution in [1.82, 2.24) is 10.2 Å². The van der Waals surface area contributed by atoms with Crippen molar-refractivity contribution < 1.29 is 0 Å². The number of guanidine groups is 1. The molecule has 1 saturated carbocycles. The molecule has 1 atom stereocenters. The maximum absolute atomic E-state index is 6.16. The molecule has 1 aromatic rings. The molecule has 1 aliphatic carbocycles. The van der Waals surface area contributed by atoms with Crippen LogP contribution < -0.4 is 11.1 Å². The molecule has 2 rings (SSSR count). The second-order valence-corrected chi connectivity index (χ2v) is 6.78. The Morgan fingerprint density at radius 3 is 2.43 bits per heavy atom. The summed E-state index contributed by atoms with van der Waals surface area (Å²) in [6.07, 6.45) is 4.54. The van der Waals surface area contributed by atoms with Gasteiger partial charge in [-0.3, -0.25) is 4.99 Å². The molecule has 0 aromatic heterocycles. The number of nitrogens with one attached hydrogen (secondary N) is 1. The molecule has 0 heterocycles. The topological polar surface area (TPSA) is 53.6 Å². The first-order valence-corrected chi connectivity index (χ1v) is 8.86. The van der Waals surface area contributed by atoms with Gasteiger partial charge in [0.25, 0.3) is 0 Å². The van der Waals surface area contributed by atoms with E-state index in [1.54, 1.807) is 0 Å². The van der Waals surface area contributed by atoms with Crippen LogP contribution in [0.25, 0.3) is 0 Å². The Morgan fingerprint density at radius 2 is 1.91 bits per heavy atom. The highest BCUT2D eigenvalue weighted by molar-refractivity contribution is 5.78. The van der Waals surface area contributed by atoms with E-state index in [1.807, 2.05) is 0 Å². The number of rotatable bonds is 8. The molecular weight excluding hydrogens is 284 g/mol. The lowest BCUT2D eigenvalue weighted by Gasteiger charge is -2.35. The molecule has 1 unspecified atom stereocenters. The van der Waals surface area contributed by atoms with Crippen molar-refractivity contribution in [3.8, 4) is 0 Å². The number of benzene rings is 1. The third-order valence-electron chi connectivity index (χ3n) is 5.18. The van der Waals surface area contributed by atoms with Crippen molar-refractivity contribution in [2.45, 2.75) is 64.1 Å². The molecule has 4 heteroatoms. The number of nitrogens with two attached hydrogens (primary N) is 1. The minimum atomic E-state index is -0.00965. The molecular formula is C19H32N4. The third kappa shape index (κ3) is 4.71. The standard InChI is InChI=1S/C19H32N4/c1-5-19(6-2,14-21-18(20)23(4)17-12-13-17)22-15(3)16-10-8-7-9-11-16/h7-11,15,17,22H,5-6,12-14H2,1-4H3,(H2,20,21). The zero-order chi connectivity index (χ0) is 16.9. The van der Waals surface area contributed by atoms with Crippen LogP contribution in [0.15, 0.2) is 35.3 Å². The minimum absolute atomic E-state index is 0.00965. The van der Waals surface area contributed by atoms with Gasteiger partial charge < -0.3 is 16.0 Å². The second-order valence-electron chi connectivity index (χ2n) is 6.78. The van der Waals surface area contributed by atoms with Crippen molar-refractivity contribution in [3.63, 3.8) is 0 Å². The molecule has 0 aliphatic heterocycles. The van der Waals surface area contributed by atoms with Crippen LogP contribution in [0.5, 0.6) is 0 Å². The van der Waals surface area contributed by atoms with Gasteiger partial charge in [-0.05, 0) is 38.2 Å². The summed E-state index contributed by atoms with van der Waals surface area (Å²) < 4.78 is 0. The van der Waals surface area contributed by atoms with Crippen LogP contribution in [0.2, 0.25) is 0 Å². The van der Waals surface area contributed by atoms with Gasteiger partial charge in [-0.25, -0.2) is 0 Å². The van der Waals surface area contributed by atoms with Gasteiger partial charge in [0.2, 0.25) is 0 Å². The van der Waals surface area contributed by atoms with E-state index in [0.717, 1.165) is 19.4 Å². The summed E-state index contributed by atoms with van der Waals surface area (Å²) in [5, 5.41) is 3.80. The lowest BCUT2D eigenvalue weighted by molar-refractivity contribution is 0.280. The van der Waals surface area contributed by atoms with Gasteiger partial charge in [-0.2, -0.15) is 0 Å². The molecule has 1 aliphatic rings. The first-order valence-electron chi connectivity index (χ1n) is 8.86. The fourth-order valence-electron chi connectivity index (χ4n) is 3.00. The van der Waals surface area contributed by atoms with Gasteiger partial charge in [0.15, 0.2) is 5.96 Å². The molecule has 1 fully saturated rings. The fraction of sp³-hybridized carbons (Fsp3) is 0.632. The van der Waals surface area contributed by atoms with E-state index in [9.17, 15) is 0 Å². The Kier molecular flexibility index (Phi) is 6.05. The molecule has 0 bridgehead atoms. The summed E-state index contributed by atoms with van der Waals surface area (Å²) in [4.78, 5) is 6.83. The normalized spacial score (nSPS) is 17.1. The van der Waals surface area contributed by atoms with E-state index in [-0.39, 0.29) is 5.54 Å². The summed E-state index contributed by atoms with van der Waals surface area (Å²) in [5.41, 5.74) is 7.47. The van der Waals surface area contributed by atoms with Crippen LogP contribution in [0, 0.1) is 0 Å². The molecule has 3 N–H and O–H groups in total. The van der Waals surface area contributed by atoms with E-state index in [1.165, 1.54) is 18.4 Å². The number of hydrogen-bond donors (Lipinski definition) is 2. The molecule has 0 saturated heterocycles. The van der Waals surface area contributed by atoms with Gasteiger partial charge in [-0.15, -0.1) is 0 Å². The summed E-state index contributed by atoms with van der Waals surface area (Å²) in [6, 6.07) is 11.5. The first kappa shape index (κ1) is 17.8. The van der Waals surface area contributed by atoms with Crippen molar-refractivity contribution in [1.29, 1.82) is 0 Å². The summed E-state index contributed by atoms with van der Waals surface area (Å²) >= 11 is 0. The van der Waals surface area contributed by atoms with Gasteiger partial charge >= 0.3 is 0 Å². The SMILES string of the molecule is CCC(CC)(CN=C(N)N(C)C1CC1)NC(C)c1ccccc1. The van der Waals surface area contributed by atoms with Crippen LogP contribution >= 0.6 is 0 Å². The Balaban J connectivity index is 2.04. The number of nitrogens with zero attached hydrogens (tertiary/aromatic N) is 2. The lowest BCUT2D eigenvalue weighted by Crippen LogP contribution is -2.49. The zero-order valence-electron chi connectivity index (χ0n) is 15.0. The Labute approximate surface area is 141 Å². The smallest absolute Gasteiger partial charge is 0.191 e. The molecule has 128 valence electrons. The summed E-state index contributed by atoms with van der Waals surface area (Å²) in [7, 11) is 2.05. The van der Waals surface area contributed by atoms with Gasteiger partial charge in [-0.1, -0.05) is 44.2 Å². The van der Waals surface area contributed by atoms with Gasteiger partial charge in [0.05, 0.1) is 6.54 Å². The van der Waals surface area contributed by atoms with Gasteiger partial charge in [0, 0.05) is 24.7 Å². The quantitative estimate of drug-likeness (QED) is 0.571. The van der Waals surface area contributed by atoms with Crippen molar-refractivity contribution in [2.75, 3.05) is 13.6 Å². The van der Waals surface area contributed by atoms with Crippen LogP contribution in [-0.2, 0) is 0 Å². The molecule has 23 heavy (non-hydrogen) atoms. The number of aliphatic imine (C=N–C) groups is 1. The highest BCUT2D eigenvalue weighted by Crippen LogP contribution is 2.26. The van der Waals surface area contributed by atoms with Crippen molar-refractivity contribution >= 4 is 5.96 Å². The Bertz CT molecular complexity index is 503. The second kappa shape index (κ2) is 7.82. The molecule has 1 aromatic carbocycles. The fourth-order valence-corrected chi connectivity index (χ4v) is 3.00. The van der Waals surface area contributed by atoms with Crippen molar-refractivity contribution in [2.24, 2.45) is 10.7 Å². The summed E-state index contributed by atoms with van der Waals surface area (Å²) in [6.45, 7) is 7.40. The molecule has 0 radical (unpaired) electrons. The van der Waals surface area contributed by atoms with Crippen LogP contribution in [0.3, 0.4) is 0 Å². The maximum atomic E-state index is 6.16. The predicted molar refractivity (Wildman–Crippen MR) is 98.6 cm³/mol. The van der Waals surface area contributed by atoms with E-state index in [4.69, 9.17) is 10.7 Å². The molecule has 0 spiro atoms. The van der Waals surface area contributed by atoms with E-state index in [0.29, 0.717) is 18.0 Å². The monoisotopic (exact) mass is 316 g/mol. The van der Waals surface area contributed by atoms with Crippen molar-refractivity contribution in [3.05, 3.63) is 35.9 Å². The average Bonchev–Trinajstić information content (AvgIpc) is 3.43. The van der Waals surface area contributed by atoms with E-state index < -0.39 is 0 Å². The van der Waals surface area contributed by atoms with Gasteiger partial charge in [0.1, 0.15) is 0 Å². The van der Waals surface area contributed by atoms with Crippen LogP contribution in [0.1, 0.15) is 58.1 Å². The molecule has 4 nitrogen and oxygen atoms in total. The minimum Gasteiger partial charge on any atom is -0.370 e. The Hall–Kier alpha value is -1.55. The zero-order valence-corrected chi connectivity index (χ0v) is 15.0. The highest BCUT2D eigenvalue weighted by Gasteiger charge is 2.30. The van der Waals surface area contributed by atoms with Crippen LogP contribution in [-0.4, -0.2) is 36.0 Å².